The van der Waals surface area contributed by atoms with Gasteiger partial charge in [-0.2, -0.15) is 0 Å². The number of alkyl halides is 1. The van der Waals surface area contributed by atoms with E-state index in [9.17, 15) is 10.2 Å². The van der Waals surface area contributed by atoms with Gasteiger partial charge in [-0.05, 0) is 60.4 Å². The summed E-state index contributed by atoms with van der Waals surface area (Å²) in [5.41, 5.74) is 4.22. The molecule has 2 aromatic carbocycles. The molecule has 0 bridgehead atoms. The van der Waals surface area contributed by atoms with Gasteiger partial charge in [0.15, 0.2) is 0 Å². The van der Waals surface area contributed by atoms with Gasteiger partial charge in [0.05, 0.1) is 0 Å². The maximum absolute atomic E-state index is 9.49. The third-order valence-electron chi connectivity index (χ3n) is 3.41. The lowest BCUT2D eigenvalue weighted by Crippen LogP contribution is -2.06. The minimum atomic E-state index is 0.0582. The van der Waals surface area contributed by atoms with Crippen LogP contribution in [0.15, 0.2) is 36.4 Å². The summed E-state index contributed by atoms with van der Waals surface area (Å²) in [7, 11) is 0. The summed E-state index contributed by atoms with van der Waals surface area (Å²) in [6.45, 7) is 3.93. The molecule has 0 spiro atoms. The highest BCUT2D eigenvalue weighted by Gasteiger charge is 2.17. The van der Waals surface area contributed by atoms with E-state index in [0.29, 0.717) is 5.88 Å². The average Bonchev–Trinajstić information content (AvgIpc) is 2.34. The first-order valence-electron chi connectivity index (χ1n) is 6.18. The molecule has 0 aliphatic rings. The fraction of sp³-hybridized carbons (Fsp3) is 0.250. The lowest BCUT2D eigenvalue weighted by atomic mass is 9.87. The summed E-state index contributed by atoms with van der Waals surface area (Å²) in [6.07, 6.45) is 0. The van der Waals surface area contributed by atoms with E-state index in [-0.39, 0.29) is 17.4 Å². The largest absolute Gasteiger partial charge is 0.508 e. The van der Waals surface area contributed by atoms with Crippen LogP contribution in [-0.2, 0) is 0 Å². The normalized spacial score (nSPS) is 10.9. The van der Waals surface area contributed by atoms with Gasteiger partial charge in [0.2, 0.25) is 0 Å². The Kier molecular flexibility index (Phi) is 4.01. The minimum Gasteiger partial charge on any atom is -0.508 e. The number of halogens is 1. The Hall–Kier alpha value is -1.67. The molecule has 0 unspecified atom stereocenters. The fourth-order valence-corrected chi connectivity index (χ4v) is 2.77. The van der Waals surface area contributed by atoms with Crippen molar-refractivity contribution < 1.29 is 10.2 Å². The van der Waals surface area contributed by atoms with E-state index in [1.54, 1.807) is 24.3 Å². The molecule has 0 aromatic heterocycles. The number of benzene rings is 2. The van der Waals surface area contributed by atoms with Crippen LogP contribution in [0.5, 0.6) is 11.5 Å². The predicted molar refractivity (Wildman–Crippen MR) is 78.3 cm³/mol. The van der Waals surface area contributed by atoms with Crippen molar-refractivity contribution in [3.63, 3.8) is 0 Å². The number of phenolic OH excluding ortho intramolecular Hbond substituents is 2. The van der Waals surface area contributed by atoms with Gasteiger partial charge in [-0.1, -0.05) is 12.1 Å². The molecule has 0 radical (unpaired) electrons. The van der Waals surface area contributed by atoms with Crippen molar-refractivity contribution in [3.05, 3.63) is 58.7 Å². The van der Waals surface area contributed by atoms with Crippen molar-refractivity contribution in [2.45, 2.75) is 19.8 Å². The van der Waals surface area contributed by atoms with Crippen molar-refractivity contribution in [3.8, 4) is 11.5 Å². The van der Waals surface area contributed by atoms with Crippen molar-refractivity contribution in [2.75, 3.05) is 5.88 Å². The van der Waals surface area contributed by atoms with E-state index in [1.807, 2.05) is 26.0 Å². The molecule has 2 nitrogen and oxygen atoms in total. The molecule has 2 aromatic rings. The standard InChI is InChI=1S/C16H17ClO2/c1-10-7-12(18)3-5-14(10)16(9-17)15-6-4-13(19)8-11(15)2/h3-8,16,18-19H,9H2,1-2H3. The Morgan fingerprint density at radius 2 is 1.32 bits per heavy atom. The first kappa shape index (κ1) is 13.8. The quantitative estimate of drug-likeness (QED) is 0.829. The third-order valence-corrected chi connectivity index (χ3v) is 3.72. The van der Waals surface area contributed by atoms with E-state index in [1.165, 1.54) is 0 Å². The molecule has 2 rings (SSSR count). The van der Waals surface area contributed by atoms with Crippen LogP contribution in [0.2, 0.25) is 0 Å². The molecule has 100 valence electrons. The van der Waals surface area contributed by atoms with Crippen molar-refractivity contribution in [2.24, 2.45) is 0 Å². The second kappa shape index (κ2) is 5.54. The molecule has 0 amide bonds. The van der Waals surface area contributed by atoms with Crippen molar-refractivity contribution in [1.82, 2.24) is 0 Å². The number of aromatic hydroxyl groups is 2. The van der Waals surface area contributed by atoms with Gasteiger partial charge in [0, 0.05) is 11.8 Å². The average molecular weight is 277 g/mol. The van der Waals surface area contributed by atoms with Crippen LogP contribution in [0.3, 0.4) is 0 Å². The monoisotopic (exact) mass is 276 g/mol. The Morgan fingerprint density at radius 1 is 0.895 bits per heavy atom. The zero-order chi connectivity index (χ0) is 14.0. The van der Waals surface area contributed by atoms with E-state index in [2.05, 4.69) is 0 Å². The second-order valence-corrected chi connectivity index (χ2v) is 5.10. The zero-order valence-electron chi connectivity index (χ0n) is 11.0. The van der Waals surface area contributed by atoms with Gasteiger partial charge in [-0.3, -0.25) is 0 Å². The molecular formula is C16H17ClO2. The molecule has 0 heterocycles. The Morgan fingerprint density at radius 3 is 1.63 bits per heavy atom. The topological polar surface area (TPSA) is 40.5 Å². The summed E-state index contributed by atoms with van der Waals surface area (Å²) < 4.78 is 0. The van der Waals surface area contributed by atoms with E-state index in [0.717, 1.165) is 22.3 Å². The molecule has 3 heteroatoms. The molecular weight excluding hydrogens is 260 g/mol. The van der Waals surface area contributed by atoms with Gasteiger partial charge in [-0.25, -0.2) is 0 Å². The molecule has 0 saturated carbocycles. The second-order valence-electron chi connectivity index (χ2n) is 4.79. The Bertz CT molecular complexity index is 542. The summed E-state index contributed by atoms with van der Waals surface area (Å²) in [5.74, 6) is 1.04. The van der Waals surface area contributed by atoms with Gasteiger partial charge < -0.3 is 10.2 Å². The fourth-order valence-electron chi connectivity index (χ4n) is 2.44. The lowest BCUT2D eigenvalue weighted by molar-refractivity contribution is 0.474. The first-order chi connectivity index (χ1) is 9.02. The molecule has 0 saturated heterocycles. The van der Waals surface area contributed by atoms with Gasteiger partial charge in [0.25, 0.3) is 0 Å². The zero-order valence-corrected chi connectivity index (χ0v) is 11.8. The summed E-state index contributed by atoms with van der Waals surface area (Å²) >= 11 is 6.14. The molecule has 0 aliphatic carbocycles. The van der Waals surface area contributed by atoms with Crippen LogP contribution in [0.4, 0.5) is 0 Å². The van der Waals surface area contributed by atoms with Crippen LogP contribution in [-0.4, -0.2) is 16.1 Å². The first-order valence-corrected chi connectivity index (χ1v) is 6.71. The van der Waals surface area contributed by atoms with Crippen LogP contribution in [0.25, 0.3) is 0 Å². The number of rotatable bonds is 3. The molecule has 0 aliphatic heterocycles. The minimum absolute atomic E-state index is 0.0582. The molecule has 19 heavy (non-hydrogen) atoms. The predicted octanol–water partition coefficient (Wildman–Crippen LogP) is 4.09. The molecule has 0 atom stereocenters. The highest BCUT2D eigenvalue weighted by molar-refractivity contribution is 6.18. The summed E-state index contributed by atoms with van der Waals surface area (Å²) in [6, 6.07) is 10.7. The van der Waals surface area contributed by atoms with E-state index in [4.69, 9.17) is 11.6 Å². The van der Waals surface area contributed by atoms with Gasteiger partial charge >= 0.3 is 0 Å². The van der Waals surface area contributed by atoms with E-state index < -0.39 is 0 Å². The van der Waals surface area contributed by atoms with Crippen LogP contribution in [0, 0.1) is 13.8 Å². The highest BCUT2D eigenvalue weighted by Crippen LogP contribution is 2.33. The van der Waals surface area contributed by atoms with Crippen LogP contribution in [0.1, 0.15) is 28.2 Å². The Balaban J connectivity index is 2.50. The SMILES string of the molecule is Cc1cc(O)ccc1C(CCl)c1ccc(O)cc1C. The smallest absolute Gasteiger partial charge is 0.115 e. The molecule has 0 fully saturated rings. The van der Waals surface area contributed by atoms with Crippen LogP contribution >= 0.6 is 11.6 Å². The van der Waals surface area contributed by atoms with Gasteiger partial charge in [-0.15, -0.1) is 11.6 Å². The van der Waals surface area contributed by atoms with Crippen LogP contribution < -0.4 is 0 Å². The van der Waals surface area contributed by atoms with Gasteiger partial charge in [0.1, 0.15) is 11.5 Å². The highest BCUT2D eigenvalue weighted by atomic mass is 35.5. The number of hydrogen-bond donors (Lipinski definition) is 2. The maximum Gasteiger partial charge on any atom is 0.115 e. The van der Waals surface area contributed by atoms with E-state index >= 15 is 0 Å². The Labute approximate surface area is 118 Å². The van der Waals surface area contributed by atoms with Crippen molar-refractivity contribution >= 4 is 11.6 Å². The third kappa shape index (κ3) is 2.85. The summed E-state index contributed by atoms with van der Waals surface area (Å²) in [4.78, 5) is 0. The number of aryl methyl sites for hydroxylation is 2. The number of phenols is 2. The molecule has 2 N–H and O–H groups in total. The van der Waals surface area contributed by atoms with Crippen molar-refractivity contribution in [1.29, 1.82) is 0 Å². The summed E-state index contributed by atoms with van der Waals surface area (Å²) in [5, 5.41) is 19.0. The maximum atomic E-state index is 9.49. The lowest BCUT2D eigenvalue weighted by Gasteiger charge is -2.20. The number of hydrogen-bond acceptors (Lipinski definition) is 2.